The molecule has 89 heavy (non-hydrogen) atoms. The van der Waals surface area contributed by atoms with E-state index >= 15 is 0 Å². The third-order valence-corrected chi connectivity index (χ3v) is 13.7. The molecule has 0 heterocycles. The molecule has 0 saturated carbocycles. The molecule has 0 radical (unpaired) electrons. The van der Waals surface area contributed by atoms with Crippen molar-refractivity contribution in [3.63, 3.8) is 0 Å². The maximum Gasteiger partial charge on any atom is 0.408 e. The smallest absolute Gasteiger partial charge is 0.408 e. The van der Waals surface area contributed by atoms with Crippen LogP contribution in [0.2, 0.25) is 30.1 Å². The van der Waals surface area contributed by atoms with Crippen molar-refractivity contribution >= 4 is 140 Å². The van der Waals surface area contributed by atoms with Gasteiger partial charge in [0.05, 0.1) is 14.2 Å². The van der Waals surface area contributed by atoms with E-state index in [0.717, 1.165) is 22.3 Å². The van der Waals surface area contributed by atoms with Crippen LogP contribution in [0.15, 0.2) is 103 Å². The average molecular weight is 1470 g/mol. The van der Waals surface area contributed by atoms with Crippen molar-refractivity contribution in [2.24, 2.45) is 0 Å². The maximum atomic E-state index is 12.4. The highest BCUT2D eigenvalue weighted by molar-refractivity contribution is 14.1. The molecule has 0 aliphatic heterocycles. The standard InChI is InChI=1S/C24H19Cl2NO4.C15H19Cl2NO4.C14H17Cl2NO4.C9H16INO4/c25-15-9-14(10-16(26)12-15)11-22(23(28)29)27-24(30)31-13-21-19-7-3-1-5-17(19)18-6-2-4-8-20(18)21;1-15(2,3)22-14(20)18-12(13(19)21-4)7-9-5-10(16)8-11(17)6-9;1-14(2,3)21-13(20)17-11(12(18)19)6-8-4-9(15)7-10(16)5-8;1-9(2,3)15-8(13)11-6(5-10)7(12)14-4/h1-10,12,21-22H,11,13H2,(H,27,30)(H,28,29);5-6,8,12H,7H2,1-4H3,(H,18,20);4-5,7,11H,6H2,1-3H3,(H,17,20)(H,18,19);6H,5H2,1-4H3,(H,11,13)/t22-;12-;11-;6-/m0000/s1. The minimum Gasteiger partial charge on any atom is -0.480 e. The lowest BCUT2D eigenvalue weighted by Crippen LogP contribution is -2.45. The van der Waals surface area contributed by atoms with Gasteiger partial charge >= 0.3 is 48.3 Å². The lowest BCUT2D eigenvalue weighted by molar-refractivity contribution is -0.143. The predicted molar refractivity (Wildman–Crippen MR) is 350 cm³/mol. The Morgan fingerprint density at radius 1 is 0.449 bits per heavy atom. The molecule has 27 heteroatoms. The number of aliphatic carboxylic acids is 2. The minimum atomic E-state index is -1.18. The molecule has 0 saturated heterocycles. The zero-order valence-corrected chi connectivity index (χ0v) is 57.2. The summed E-state index contributed by atoms with van der Waals surface area (Å²) >= 11 is 37.5. The Morgan fingerprint density at radius 3 is 1.03 bits per heavy atom. The summed E-state index contributed by atoms with van der Waals surface area (Å²) in [6.45, 7) is 15.6. The largest absolute Gasteiger partial charge is 0.480 e. The van der Waals surface area contributed by atoms with Crippen LogP contribution in [0.4, 0.5) is 19.2 Å². The molecule has 5 aromatic rings. The van der Waals surface area contributed by atoms with E-state index in [1.54, 1.807) is 117 Å². The molecule has 0 aromatic heterocycles. The molecule has 6 N–H and O–H groups in total. The fraction of sp³-hybridized carbons (Fsp3) is 0.387. The number of carboxylic acids is 2. The molecule has 484 valence electrons. The fourth-order valence-corrected chi connectivity index (χ4v) is 10.4. The molecule has 0 fully saturated rings. The van der Waals surface area contributed by atoms with E-state index in [2.05, 4.69) is 26.0 Å². The van der Waals surface area contributed by atoms with Gasteiger partial charge in [-0.2, -0.15) is 0 Å². The van der Waals surface area contributed by atoms with Crippen molar-refractivity contribution in [2.45, 2.75) is 128 Å². The quantitative estimate of drug-likeness (QED) is 0.0218. The Bertz CT molecular complexity index is 3180. The first-order chi connectivity index (χ1) is 41.4. The van der Waals surface area contributed by atoms with E-state index in [1.165, 1.54) is 14.2 Å². The monoisotopic (exact) mass is 1460 g/mol. The summed E-state index contributed by atoms with van der Waals surface area (Å²) in [5.74, 6) is -3.51. The van der Waals surface area contributed by atoms with Gasteiger partial charge in [-0.1, -0.05) is 141 Å². The predicted octanol–water partition coefficient (Wildman–Crippen LogP) is 14.1. The van der Waals surface area contributed by atoms with E-state index in [9.17, 15) is 48.6 Å². The number of nitrogens with one attached hydrogen (secondary N) is 4. The number of carboxylic acid groups (broad SMARTS) is 2. The van der Waals surface area contributed by atoms with Crippen molar-refractivity contribution in [3.05, 3.63) is 161 Å². The van der Waals surface area contributed by atoms with Crippen LogP contribution >= 0.6 is 92.2 Å². The highest BCUT2D eigenvalue weighted by Gasteiger charge is 2.31. The number of esters is 2. The van der Waals surface area contributed by atoms with Crippen LogP contribution in [0.25, 0.3) is 11.1 Å². The first-order valence-electron chi connectivity index (χ1n) is 27.0. The molecule has 5 aromatic carbocycles. The second-order valence-corrected chi connectivity index (χ2v) is 25.9. The first kappa shape index (κ1) is 76.8. The number of alkyl halides is 1. The number of hydrogen-bond donors (Lipinski definition) is 6. The number of hydrogen-bond acceptors (Lipinski definition) is 14. The summed E-state index contributed by atoms with van der Waals surface area (Å²) in [4.78, 5) is 93.1. The van der Waals surface area contributed by atoms with Gasteiger partial charge < -0.3 is 59.9 Å². The second kappa shape index (κ2) is 35.8. The highest BCUT2D eigenvalue weighted by atomic mass is 127. The summed E-state index contributed by atoms with van der Waals surface area (Å²) in [7, 11) is 2.52. The zero-order chi connectivity index (χ0) is 67.1. The Kier molecular flexibility index (Phi) is 30.9. The molecule has 0 spiro atoms. The molecule has 4 amide bonds. The summed E-state index contributed by atoms with van der Waals surface area (Å²) in [6, 6.07) is 26.6. The summed E-state index contributed by atoms with van der Waals surface area (Å²) in [5.41, 5.74) is 4.37. The molecule has 4 atom stereocenters. The first-order valence-corrected chi connectivity index (χ1v) is 30.8. The molecule has 0 unspecified atom stereocenters. The van der Waals surface area contributed by atoms with E-state index in [-0.39, 0.29) is 31.8 Å². The number of rotatable bonds is 17. The lowest BCUT2D eigenvalue weighted by Gasteiger charge is -2.22. The number of benzene rings is 5. The topological polar surface area (TPSA) is 281 Å². The SMILES string of the molecule is CC(C)(C)OC(=O)N[C@@H](Cc1cc(Cl)cc(Cl)c1)C(=O)O.COC(=O)[C@H](CI)NC(=O)OC(C)(C)C.COC(=O)[C@H](Cc1cc(Cl)cc(Cl)c1)NC(=O)OC(C)(C)C.O=C(N[C@@H](Cc1cc(Cl)cc(Cl)c1)C(=O)O)OCC1c2ccccc2-c2ccccc21. The van der Waals surface area contributed by atoms with Crippen LogP contribution in [0, 0.1) is 0 Å². The van der Waals surface area contributed by atoms with Gasteiger partial charge in [-0.3, -0.25) is 0 Å². The third-order valence-electron chi connectivity index (χ3n) is 11.5. The van der Waals surface area contributed by atoms with E-state index in [4.69, 9.17) is 93.3 Å². The summed E-state index contributed by atoms with van der Waals surface area (Å²) < 4.78 is 30.3. The van der Waals surface area contributed by atoms with Gasteiger partial charge in [-0.25, -0.2) is 38.4 Å². The number of ether oxygens (including phenoxy) is 6. The molecule has 0 bridgehead atoms. The van der Waals surface area contributed by atoms with Gasteiger partial charge in [0.1, 0.15) is 47.6 Å². The van der Waals surface area contributed by atoms with Crippen molar-refractivity contribution < 1.29 is 77.0 Å². The molecular formula is C62H71Cl6IN4O16. The van der Waals surface area contributed by atoms with E-state index in [1.807, 2.05) is 71.1 Å². The van der Waals surface area contributed by atoms with Crippen LogP contribution in [0.3, 0.4) is 0 Å². The average Bonchev–Trinajstić information content (AvgIpc) is 1.77. The zero-order valence-electron chi connectivity index (χ0n) is 50.5. The van der Waals surface area contributed by atoms with Crippen molar-refractivity contribution in [2.75, 3.05) is 25.3 Å². The Morgan fingerprint density at radius 2 is 0.730 bits per heavy atom. The number of fused-ring (bicyclic) bond motifs is 3. The number of carbonyl (C=O) groups excluding carboxylic acids is 6. The number of methoxy groups -OCH3 is 2. The number of carbonyl (C=O) groups is 8. The lowest BCUT2D eigenvalue weighted by atomic mass is 9.98. The normalized spacial score (nSPS) is 12.8. The van der Waals surface area contributed by atoms with E-state index in [0.29, 0.717) is 51.3 Å². The highest BCUT2D eigenvalue weighted by Crippen LogP contribution is 2.44. The number of amides is 4. The molecule has 6 rings (SSSR count). The molecule has 20 nitrogen and oxygen atoms in total. The van der Waals surface area contributed by atoms with Crippen LogP contribution in [-0.2, 0) is 66.9 Å². The van der Waals surface area contributed by atoms with Gasteiger partial charge in [0.2, 0.25) is 0 Å². The Labute approximate surface area is 560 Å². The third kappa shape index (κ3) is 28.9. The van der Waals surface area contributed by atoms with Crippen molar-refractivity contribution in [1.82, 2.24) is 21.3 Å². The van der Waals surface area contributed by atoms with Crippen LogP contribution < -0.4 is 21.3 Å². The Hall–Kier alpha value is -6.47. The minimum absolute atomic E-state index is 0.0276. The van der Waals surface area contributed by atoms with Gasteiger partial charge in [0.25, 0.3) is 0 Å². The fourth-order valence-electron chi connectivity index (χ4n) is 8.06. The van der Waals surface area contributed by atoms with E-state index < -0.39 is 89.2 Å². The van der Waals surface area contributed by atoms with Crippen molar-refractivity contribution in [3.8, 4) is 11.1 Å². The van der Waals surface area contributed by atoms with Gasteiger partial charge in [0, 0.05) is 59.7 Å². The van der Waals surface area contributed by atoms with Gasteiger partial charge in [0.15, 0.2) is 0 Å². The van der Waals surface area contributed by atoms with Gasteiger partial charge in [-0.15, -0.1) is 0 Å². The molecule has 1 aliphatic carbocycles. The molecule has 1 aliphatic rings. The van der Waals surface area contributed by atoms with Crippen LogP contribution in [0.5, 0.6) is 0 Å². The molecular weight excluding hydrogens is 1400 g/mol. The summed E-state index contributed by atoms with van der Waals surface area (Å²) in [6.07, 6.45) is -2.63. The maximum absolute atomic E-state index is 12.4. The number of alkyl carbamates (subject to hydrolysis) is 4. The summed E-state index contributed by atoms with van der Waals surface area (Å²) in [5, 5.41) is 30.9. The van der Waals surface area contributed by atoms with Crippen LogP contribution in [-0.4, -0.2) is 125 Å². The number of halogens is 7. The van der Waals surface area contributed by atoms with Crippen LogP contribution in [0.1, 0.15) is 96.0 Å². The second-order valence-electron chi connectivity index (χ2n) is 22.4. The van der Waals surface area contributed by atoms with Crippen molar-refractivity contribution in [1.29, 1.82) is 0 Å². The van der Waals surface area contributed by atoms with Gasteiger partial charge in [-0.05, 0) is 156 Å². The Balaban J connectivity index is 0.000000321.